The Balaban J connectivity index is 1.77. The van der Waals surface area contributed by atoms with Crippen molar-refractivity contribution in [2.24, 2.45) is 0 Å². The van der Waals surface area contributed by atoms with Gasteiger partial charge in [-0.25, -0.2) is 0 Å². The minimum Gasteiger partial charge on any atom is -0.508 e. The molecule has 1 fully saturated rings. The average molecular weight is 286 g/mol. The molecule has 0 amide bonds. The lowest BCUT2D eigenvalue weighted by Crippen LogP contribution is -2.22. The van der Waals surface area contributed by atoms with Crippen LogP contribution in [0.15, 0.2) is 34.9 Å². The van der Waals surface area contributed by atoms with Gasteiger partial charge in [0.1, 0.15) is 5.75 Å². The number of phenols is 1. The third-order valence-corrected chi connectivity index (χ3v) is 4.20. The molecule has 3 rings (SSSR count). The van der Waals surface area contributed by atoms with E-state index in [-0.39, 0.29) is 6.04 Å². The summed E-state index contributed by atoms with van der Waals surface area (Å²) >= 11 is 0. The monoisotopic (exact) mass is 286 g/mol. The maximum absolute atomic E-state index is 9.94. The van der Waals surface area contributed by atoms with E-state index in [9.17, 15) is 5.11 Å². The molecule has 1 unspecified atom stereocenters. The third-order valence-electron chi connectivity index (χ3n) is 4.20. The highest BCUT2D eigenvalue weighted by Crippen LogP contribution is 2.35. The number of benzene rings is 1. The van der Waals surface area contributed by atoms with Gasteiger partial charge in [-0.3, -0.25) is 4.90 Å². The Morgan fingerprint density at radius 1 is 1.38 bits per heavy atom. The number of likely N-dealkylation sites (tertiary alicyclic amines) is 1. The average Bonchev–Trinajstić information content (AvgIpc) is 3.09. The van der Waals surface area contributed by atoms with Gasteiger partial charge >= 0.3 is 0 Å². The Bertz CT molecular complexity index is 606. The summed E-state index contributed by atoms with van der Waals surface area (Å²) < 4.78 is 5.55. The van der Waals surface area contributed by atoms with Gasteiger partial charge in [-0.1, -0.05) is 37.2 Å². The van der Waals surface area contributed by atoms with Crippen molar-refractivity contribution in [3.8, 4) is 5.75 Å². The van der Waals surface area contributed by atoms with Crippen molar-refractivity contribution < 1.29 is 9.63 Å². The molecule has 2 heterocycles. The molecule has 0 bridgehead atoms. The van der Waals surface area contributed by atoms with Gasteiger partial charge in [0.2, 0.25) is 0 Å². The van der Waals surface area contributed by atoms with Crippen LogP contribution in [0.2, 0.25) is 0 Å². The fraction of sp³-hybridized carbons (Fsp3) is 0.471. The summed E-state index contributed by atoms with van der Waals surface area (Å²) in [5, 5.41) is 14.1. The van der Waals surface area contributed by atoms with Gasteiger partial charge in [0.05, 0.1) is 11.7 Å². The highest BCUT2D eigenvalue weighted by Gasteiger charge is 2.29. The van der Waals surface area contributed by atoms with Crippen molar-refractivity contribution in [1.29, 1.82) is 0 Å². The zero-order valence-corrected chi connectivity index (χ0v) is 12.6. The molecule has 2 aromatic rings. The molecular formula is C17H22N2O2. The SMILES string of the molecule is CC(C)c1cc(C2CCCN2Cc2ccccc2O)on1. The molecule has 1 N–H and O–H groups in total. The summed E-state index contributed by atoms with van der Waals surface area (Å²) in [4.78, 5) is 2.36. The first-order chi connectivity index (χ1) is 10.1. The Morgan fingerprint density at radius 3 is 2.90 bits per heavy atom. The smallest absolute Gasteiger partial charge is 0.154 e. The molecule has 112 valence electrons. The Hall–Kier alpha value is -1.81. The lowest BCUT2D eigenvalue weighted by molar-refractivity contribution is 0.204. The summed E-state index contributed by atoms with van der Waals surface area (Å²) in [5.41, 5.74) is 1.98. The minimum atomic E-state index is 0.268. The molecule has 1 atom stereocenters. The van der Waals surface area contributed by atoms with Crippen LogP contribution >= 0.6 is 0 Å². The van der Waals surface area contributed by atoms with Crippen molar-refractivity contribution in [1.82, 2.24) is 10.1 Å². The van der Waals surface area contributed by atoms with Crippen LogP contribution in [-0.4, -0.2) is 21.7 Å². The molecule has 21 heavy (non-hydrogen) atoms. The maximum Gasteiger partial charge on any atom is 0.154 e. The Morgan fingerprint density at radius 2 is 2.19 bits per heavy atom. The number of nitrogens with zero attached hydrogens (tertiary/aromatic N) is 2. The highest BCUT2D eigenvalue weighted by molar-refractivity contribution is 5.32. The van der Waals surface area contributed by atoms with Gasteiger partial charge in [0.25, 0.3) is 0 Å². The molecular weight excluding hydrogens is 264 g/mol. The highest BCUT2D eigenvalue weighted by atomic mass is 16.5. The summed E-state index contributed by atoms with van der Waals surface area (Å²) in [6.07, 6.45) is 2.23. The number of aromatic nitrogens is 1. The number of rotatable bonds is 4. The molecule has 4 heteroatoms. The second-order valence-corrected chi connectivity index (χ2v) is 6.07. The number of phenolic OH excluding ortho intramolecular Hbond substituents is 1. The molecule has 1 aromatic carbocycles. The van der Waals surface area contributed by atoms with Gasteiger partial charge in [0.15, 0.2) is 5.76 Å². The number of hydrogen-bond donors (Lipinski definition) is 1. The van der Waals surface area contributed by atoms with E-state index in [1.54, 1.807) is 6.07 Å². The predicted molar refractivity (Wildman–Crippen MR) is 81.1 cm³/mol. The molecule has 0 saturated carbocycles. The number of hydrogen-bond acceptors (Lipinski definition) is 4. The van der Waals surface area contributed by atoms with Gasteiger partial charge in [-0.2, -0.15) is 0 Å². The van der Waals surface area contributed by atoms with Crippen LogP contribution in [-0.2, 0) is 6.54 Å². The minimum absolute atomic E-state index is 0.268. The molecule has 0 spiro atoms. The fourth-order valence-electron chi connectivity index (χ4n) is 2.93. The molecule has 0 aliphatic carbocycles. The normalized spacial score (nSPS) is 19.5. The first-order valence-electron chi connectivity index (χ1n) is 7.62. The van der Waals surface area contributed by atoms with Crippen LogP contribution in [0, 0.1) is 0 Å². The van der Waals surface area contributed by atoms with Crippen molar-refractivity contribution in [2.75, 3.05) is 6.54 Å². The summed E-state index contributed by atoms with van der Waals surface area (Å²) in [5.74, 6) is 1.70. The summed E-state index contributed by atoms with van der Waals surface area (Å²) in [6.45, 7) is 6.01. The van der Waals surface area contributed by atoms with Crippen molar-refractivity contribution in [2.45, 2.75) is 45.2 Å². The van der Waals surface area contributed by atoms with Crippen LogP contribution < -0.4 is 0 Å². The molecule has 4 nitrogen and oxygen atoms in total. The zero-order valence-electron chi connectivity index (χ0n) is 12.6. The quantitative estimate of drug-likeness (QED) is 0.927. The zero-order chi connectivity index (χ0) is 14.8. The van der Waals surface area contributed by atoms with Crippen LogP contribution in [0.25, 0.3) is 0 Å². The van der Waals surface area contributed by atoms with Gasteiger partial charge in [-0.05, 0) is 31.4 Å². The van der Waals surface area contributed by atoms with Gasteiger partial charge < -0.3 is 9.63 Å². The Labute approximate surface area is 125 Å². The van der Waals surface area contributed by atoms with E-state index in [2.05, 4.69) is 30.0 Å². The summed E-state index contributed by atoms with van der Waals surface area (Å²) in [6, 6.07) is 9.89. The van der Waals surface area contributed by atoms with E-state index >= 15 is 0 Å². The molecule has 1 aromatic heterocycles. The van der Waals surface area contributed by atoms with Crippen LogP contribution in [0.1, 0.15) is 55.7 Å². The molecule has 0 radical (unpaired) electrons. The standard InChI is InChI=1S/C17H22N2O2/c1-12(2)14-10-17(21-18-14)15-7-5-9-19(15)11-13-6-3-4-8-16(13)20/h3-4,6,8,10,12,15,20H,5,7,9,11H2,1-2H3. The van der Waals surface area contributed by atoms with E-state index in [4.69, 9.17) is 4.52 Å². The second kappa shape index (κ2) is 5.90. The third kappa shape index (κ3) is 2.95. The van der Waals surface area contributed by atoms with E-state index in [0.717, 1.165) is 42.9 Å². The second-order valence-electron chi connectivity index (χ2n) is 6.07. The fourth-order valence-corrected chi connectivity index (χ4v) is 2.93. The largest absolute Gasteiger partial charge is 0.508 e. The predicted octanol–water partition coefficient (Wildman–Crippen LogP) is 3.84. The van der Waals surface area contributed by atoms with Crippen molar-refractivity contribution in [3.05, 3.63) is 47.3 Å². The molecule has 1 aliphatic rings. The molecule has 1 saturated heterocycles. The topological polar surface area (TPSA) is 49.5 Å². The lowest BCUT2D eigenvalue weighted by atomic mass is 10.1. The van der Waals surface area contributed by atoms with E-state index in [1.165, 1.54) is 0 Å². The Kier molecular flexibility index (Phi) is 3.97. The summed E-state index contributed by atoms with van der Waals surface area (Å²) in [7, 11) is 0. The molecule has 1 aliphatic heterocycles. The van der Waals surface area contributed by atoms with Crippen LogP contribution in [0.3, 0.4) is 0 Å². The van der Waals surface area contributed by atoms with Gasteiger partial charge in [0, 0.05) is 18.2 Å². The first kappa shape index (κ1) is 14.1. The van der Waals surface area contributed by atoms with Gasteiger partial charge in [-0.15, -0.1) is 0 Å². The van der Waals surface area contributed by atoms with E-state index in [1.807, 2.05) is 18.2 Å². The van der Waals surface area contributed by atoms with E-state index in [0.29, 0.717) is 11.7 Å². The maximum atomic E-state index is 9.94. The lowest BCUT2D eigenvalue weighted by Gasteiger charge is -2.22. The van der Waals surface area contributed by atoms with Crippen LogP contribution in [0.4, 0.5) is 0 Å². The first-order valence-corrected chi connectivity index (χ1v) is 7.62. The van der Waals surface area contributed by atoms with E-state index < -0.39 is 0 Å². The number of aromatic hydroxyl groups is 1. The van der Waals surface area contributed by atoms with Crippen molar-refractivity contribution >= 4 is 0 Å². The van der Waals surface area contributed by atoms with Crippen LogP contribution in [0.5, 0.6) is 5.75 Å². The van der Waals surface area contributed by atoms with Crippen molar-refractivity contribution in [3.63, 3.8) is 0 Å². The number of para-hydroxylation sites is 1.